The Hall–Kier alpha value is -2.06. The second-order valence-electron chi connectivity index (χ2n) is 3.94. The van der Waals surface area contributed by atoms with Gasteiger partial charge in [0.15, 0.2) is 0 Å². The van der Waals surface area contributed by atoms with E-state index in [9.17, 15) is 4.79 Å². The molecule has 1 amide bonds. The van der Waals surface area contributed by atoms with Crippen LogP contribution in [0.4, 0.5) is 5.69 Å². The van der Waals surface area contributed by atoms with Crippen LogP contribution < -0.4 is 10.1 Å². The normalized spacial score (nSPS) is 9.74. The predicted octanol–water partition coefficient (Wildman–Crippen LogP) is 2.32. The highest BCUT2D eigenvalue weighted by atomic mass is 16.5. The van der Waals surface area contributed by atoms with E-state index in [0.717, 1.165) is 6.42 Å². The summed E-state index contributed by atoms with van der Waals surface area (Å²) < 4.78 is 10.4. The second-order valence-corrected chi connectivity index (χ2v) is 3.94. The Morgan fingerprint density at radius 3 is 2.84 bits per heavy atom. The molecule has 1 N–H and O–H groups in total. The zero-order chi connectivity index (χ0) is 14.1. The van der Waals surface area contributed by atoms with Crippen LogP contribution in [0.3, 0.4) is 0 Å². The molecule has 5 nitrogen and oxygen atoms in total. The number of rotatable bonds is 7. The third-order valence-electron chi connectivity index (χ3n) is 2.43. The van der Waals surface area contributed by atoms with Crippen LogP contribution in [0.1, 0.15) is 25.3 Å². The van der Waals surface area contributed by atoms with Crippen molar-refractivity contribution in [2.75, 3.05) is 25.6 Å². The molecule has 1 rings (SSSR count). The Kier molecular flexibility index (Phi) is 6.41. The number of anilines is 1. The van der Waals surface area contributed by atoms with Crippen LogP contribution in [0.15, 0.2) is 18.2 Å². The molecule has 1 aromatic rings. The molecule has 0 unspecified atom stereocenters. The number of hydrogen-bond donors (Lipinski definition) is 1. The first kappa shape index (κ1) is 15.0. The molecule has 19 heavy (non-hydrogen) atoms. The summed E-state index contributed by atoms with van der Waals surface area (Å²) in [5.74, 6) is 0.334. The SMILES string of the molecule is CCCOCCC(=O)Nc1ccc(C#N)cc1OC. The van der Waals surface area contributed by atoms with Crippen LogP contribution in [0.25, 0.3) is 0 Å². The first-order valence-electron chi connectivity index (χ1n) is 6.17. The van der Waals surface area contributed by atoms with Gasteiger partial charge in [0.05, 0.1) is 37.5 Å². The number of carbonyl (C=O) groups is 1. The van der Waals surface area contributed by atoms with E-state index in [-0.39, 0.29) is 5.91 Å². The van der Waals surface area contributed by atoms with Gasteiger partial charge in [0.1, 0.15) is 5.75 Å². The highest BCUT2D eigenvalue weighted by Gasteiger charge is 2.08. The van der Waals surface area contributed by atoms with Crippen LogP contribution in [0, 0.1) is 11.3 Å². The number of ether oxygens (including phenoxy) is 2. The molecular formula is C14H18N2O3. The molecule has 0 aromatic heterocycles. The lowest BCUT2D eigenvalue weighted by molar-refractivity contribution is -0.117. The van der Waals surface area contributed by atoms with E-state index in [1.54, 1.807) is 18.2 Å². The third kappa shape index (κ3) is 4.98. The number of amides is 1. The van der Waals surface area contributed by atoms with Gasteiger partial charge in [0.2, 0.25) is 5.91 Å². The van der Waals surface area contributed by atoms with Crippen molar-refractivity contribution in [2.24, 2.45) is 0 Å². The van der Waals surface area contributed by atoms with Gasteiger partial charge in [-0.25, -0.2) is 0 Å². The number of carbonyl (C=O) groups excluding carboxylic acids is 1. The quantitative estimate of drug-likeness (QED) is 0.765. The van der Waals surface area contributed by atoms with Crippen molar-refractivity contribution >= 4 is 11.6 Å². The lowest BCUT2D eigenvalue weighted by atomic mass is 10.2. The molecular weight excluding hydrogens is 244 g/mol. The topological polar surface area (TPSA) is 71.3 Å². The number of hydrogen-bond acceptors (Lipinski definition) is 4. The molecule has 0 aliphatic heterocycles. The number of benzene rings is 1. The van der Waals surface area contributed by atoms with E-state index < -0.39 is 0 Å². The summed E-state index contributed by atoms with van der Waals surface area (Å²) in [7, 11) is 1.50. The predicted molar refractivity (Wildman–Crippen MR) is 72.1 cm³/mol. The molecule has 5 heteroatoms. The van der Waals surface area contributed by atoms with Crippen molar-refractivity contribution in [3.05, 3.63) is 23.8 Å². The molecule has 0 aliphatic rings. The molecule has 102 valence electrons. The molecule has 0 saturated heterocycles. The lowest BCUT2D eigenvalue weighted by Crippen LogP contribution is -2.15. The van der Waals surface area contributed by atoms with Crippen molar-refractivity contribution in [3.63, 3.8) is 0 Å². The van der Waals surface area contributed by atoms with Gasteiger partial charge in [-0.3, -0.25) is 4.79 Å². The van der Waals surface area contributed by atoms with Crippen molar-refractivity contribution in [3.8, 4) is 11.8 Å². The molecule has 0 bridgehead atoms. The van der Waals surface area contributed by atoms with Crippen molar-refractivity contribution in [2.45, 2.75) is 19.8 Å². The Morgan fingerprint density at radius 2 is 2.21 bits per heavy atom. The van der Waals surface area contributed by atoms with E-state index in [1.165, 1.54) is 7.11 Å². The van der Waals surface area contributed by atoms with Gasteiger partial charge in [0.25, 0.3) is 0 Å². The standard InChI is InChI=1S/C14H18N2O3/c1-3-7-19-8-6-14(17)16-12-5-4-11(10-15)9-13(12)18-2/h4-5,9H,3,6-8H2,1-2H3,(H,16,17). The zero-order valence-corrected chi connectivity index (χ0v) is 11.2. The molecule has 0 saturated carbocycles. The summed E-state index contributed by atoms with van der Waals surface area (Å²) in [6, 6.07) is 6.89. The van der Waals surface area contributed by atoms with Gasteiger partial charge in [-0.05, 0) is 18.6 Å². The summed E-state index contributed by atoms with van der Waals surface area (Å²) in [5, 5.41) is 11.5. The van der Waals surface area contributed by atoms with Crippen molar-refractivity contribution in [1.29, 1.82) is 5.26 Å². The van der Waals surface area contributed by atoms with Crippen LogP contribution in [-0.2, 0) is 9.53 Å². The number of nitrogens with one attached hydrogen (secondary N) is 1. The van der Waals surface area contributed by atoms with Gasteiger partial charge in [0, 0.05) is 12.7 Å². The van der Waals surface area contributed by atoms with Gasteiger partial charge in [-0.15, -0.1) is 0 Å². The lowest BCUT2D eigenvalue weighted by Gasteiger charge is -2.10. The van der Waals surface area contributed by atoms with E-state index in [0.29, 0.717) is 36.6 Å². The molecule has 0 heterocycles. The Labute approximate surface area is 113 Å². The van der Waals surface area contributed by atoms with Gasteiger partial charge < -0.3 is 14.8 Å². The minimum atomic E-state index is -0.140. The van der Waals surface area contributed by atoms with Crippen molar-refractivity contribution < 1.29 is 14.3 Å². The number of methoxy groups -OCH3 is 1. The summed E-state index contributed by atoms with van der Waals surface area (Å²) in [5.41, 5.74) is 1.04. The monoisotopic (exact) mass is 262 g/mol. The Balaban J connectivity index is 2.56. The second kappa shape index (κ2) is 8.11. The minimum absolute atomic E-state index is 0.140. The van der Waals surface area contributed by atoms with Gasteiger partial charge >= 0.3 is 0 Å². The summed E-state index contributed by atoms with van der Waals surface area (Å²) in [4.78, 5) is 11.7. The van der Waals surface area contributed by atoms with E-state index in [2.05, 4.69) is 5.32 Å². The third-order valence-corrected chi connectivity index (χ3v) is 2.43. The van der Waals surface area contributed by atoms with E-state index in [4.69, 9.17) is 14.7 Å². The van der Waals surface area contributed by atoms with E-state index in [1.807, 2.05) is 13.0 Å². The maximum absolute atomic E-state index is 11.7. The highest BCUT2D eigenvalue weighted by Crippen LogP contribution is 2.25. The zero-order valence-electron chi connectivity index (χ0n) is 11.2. The van der Waals surface area contributed by atoms with E-state index >= 15 is 0 Å². The summed E-state index contributed by atoms with van der Waals surface area (Å²) >= 11 is 0. The molecule has 1 aromatic carbocycles. The maximum atomic E-state index is 11.7. The molecule has 0 fully saturated rings. The first-order valence-corrected chi connectivity index (χ1v) is 6.17. The maximum Gasteiger partial charge on any atom is 0.226 e. The summed E-state index contributed by atoms with van der Waals surface area (Å²) in [6.45, 7) is 3.08. The number of nitrogens with zero attached hydrogens (tertiary/aromatic N) is 1. The minimum Gasteiger partial charge on any atom is -0.495 e. The average molecular weight is 262 g/mol. The van der Waals surface area contributed by atoms with Crippen LogP contribution in [-0.4, -0.2) is 26.2 Å². The van der Waals surface area contributed by atoms with Crippen LogP contribution in [0.5, 0.6) is 5.75 Å². The van der Waals surface area contributed by atoms with Crippen LogP contribution >= 0.6 is 0 Å². The molecule has 0 radical (unpaired) electrons. The molecule has 0 atom stereocenters. The van der Waals surface area contributed by atoms with Gasteiger partial charge in [-0.1, -0.05) is 6.92 Å². The molecule has 0 aliphatic carbocycles. The largest absolute Gasteiger partial charge is 0.495 e. The average Bonchev–Trinajstić information content (AvgIpc) is 2.44. The fraction of sp³-hybridized carbons (Fsp3) is 0.429. The molecule has 0 spiro atoms. The van der Waals surface area contributed by atoms with Crippen LogP contribution in [0.2, 0.25) is 0 Å². The fourth-order valence-electron chi connectivity index (χ4n) is 1.49. The fourth-order valence-corrected chi connectivity index (χ4v) is 1.49. The Bertz CT molecular complexity index is 466. The van der Waals surface area contributed by atoms with Crippen molar-refractivity contribution in [1.82, 2.24) is 0 Å². The number of nitriles is 1. The summed E-state index contributed by atoms with van der Waals surface area (Å²) in [6.07, 6.45) is 1.23. The smallest absolute Gasteiger partial charge is 0.226 e. The van der Waals surface area contributed by atoms with Gasteiger partial charge in [-0.2, -0.15) is 5.26 Å². The highest BCUT2D eigenvalue weighted by molar-refractivity contribution is 5.92. The first-order chi connectivity index (χ1) is 9.21. The Morgan fingerprint density at radius 1 is 1.42 bits per heavy atom.